The molecule has 0 amide bonds. The lowest BCUT2D eigenvalue weighted by Gasteiger charge is -2.14. The van der Waals surface area contributed by atoms with E-state index >= 15 is 0 Å². The molecule has 0 spiro atoms. The lowest BCUT2D eigenvalue weighted by molar-refractivity contribution is 0.111. The highest BCUT2D eigenvalue weighted by atomic mass is 32.2. The van der Waals surface area contributed by atoms with Gasteiger partial charge >= 0.3 is 0 Å². The van der Waals surface area contributed by atoms with Crippen molar-refractivity contribution in [3.63, 3.8) is 0 Å². The lowest BCUT2D eigenvalue weighted by atomic mass is 10.0. The zero-order valence-electron chi connectivity index (χ0n) is 15.6. The van der Waals surface area contributed by atoms with Crippen molar-refractivity contribution in [3.8, 4) is 22.3 Å². The summed E-state index contributed by atoms with van der Waals surface area (Å²) in [5, 5.41) is 0. The highest BCUT2D eigenvalue weighted by Crippen LogP contribution is 2.41. The zero-order valence-corrected chi connectivity index (χ0v) is 16.4. The van der Waals surface area contributed by atoms with Gasteiger partial charge in [0.15, 0.2) is 12.6 Å². The van der Waals surface area contributed by atoms with Crippen LogP contribution in [-0.2, 0) is 0 Å². The topological polar surface area (TPSA) is 34.1 Å². The molecule has 0 saturated heterocycles. The molecule has 4 aromatic rings. The van der Waals surface area contributed by atoms with Gasteiger partial charge in [-0.05, 0) is 34.4 Å². The minimum atomic E-state index is 0.667. The molecule has 0 unspecified atom stereocenters. The van der Waals surface area contributed by atoms with Crippen LogP contribution < -0.4 is 0 Å². The van der Waals surface area contributed by atoms with Gasteiger partial charge in [-0.25, -0.2) is 0 Å². The first-order chi connectivity index (χ1) is 14.3. The Hall–Kier alpha value is -3.43. The van der Waals surface area contributed by atoms with Crippen LogP contribution in [0.25, 0.3) is 22.3 Å². The van der Waals surface area contributed by atoms with Crippen LogP contribution in [0, 0.1) is 0 Å². The second-order valence-electron chi connectivity index (χ2n) is 6.50. The van der Waals surface area contributed by atoms with Crippen molar-refractivity contribution in [2.45, 2.75) is 9.79 Å². The second-order valence-corrected chi connectivity index (χ2v) is 7.59. The number of benzene rings is 4. The summed E-state index contributed by atoms with van der Waals surface area (Å²) < 4.78 is 0. The summed E-state index contributed by atoms with van der Waals surface area (Å²) >= 11 is 1.64. The molecule has 0 radical (unpaired) electrons. The van der Waals surface area contributed by atoms with Crippen molar-refractivity contribution in [3.05, 3.63) is 108 Å². The molecule has 0 bridgehead atoms. The van der Waals surface area contributed by atoms with E-state index < -0.39 is 0 Å². The van der Waals surface area contributed by atoms with E-state index in [0.29, 0.717) is 11.1 Å². The summed E-state index contributed by atoms with van der Waals surface area (Å²) in [4.78, 5) is 25.2. The van der Waals surface area contributed by atoms with Gasteiger partial charge in [0.25, 0.3) is 0 Å². The van der Waals surface area contributed by atoms with Crippen molar-refractivity contribution >= 4 is 24.3 Å². The average molecular weight is 394 g/mol. The predicted molar refractivity (Wildman–Crippen MR) is 119 cm³/mol. The maximum atomic E-state index is 11.5. The standard InChI is InChI=1S/C26H18O2S/c27-17-19-9-1-3-11-21(19)23-13-5-7-15-25(23)29-26-16-8-6-14-24(26)22-12-4-2-10-20(22)18-28/h1-18H. The van der Waals surface area contributed by atoms with E-state index in [4.69, 9.17) is 0 Å². The van der Waals surface area contributed by atoms with Gasteiger partial charge in [-0.1, -0.05) is 96.7 Å². The van der Waals surface area contributed by atoms with E-state index in [0.717, 1.165) is 44.6 Å². The Labute approximate surface area is 174 Å². The van der Waals surface area contributed by atoms with E-state index in [-0.39, 0.29) is 0 Å². The average Bonchev–Trinajstić information content (AvgIpc) is 2.80. The van der Waals surface area contributed by atoms with Gasteiger partial charge < -0.3 is 0 Å². The maximum Gasteiger partial charge on any atom is 0.150 e. The Bertz CT molecular complexity index is 1090. The van der Waals surface area contributed by atoms with Crippen molar-refractivity contribution < 1.29 is 9.59 Å². The number of hydrogen-bond donors (Lipinski definition) is 0. The van der Waals surface area contributed by atoms with Gasteiger partial charge in [0.2, 0.25) is 0 Å². The molecule has 0 N–H and O–H groups in total. The van der Waals surface area contributed by atoms with Crippen molar-refractivity contribution in [1.82, 2.24) is 0 Å². The summed E-state index contributed by atoms with van der Waals surface area (Å²) in [5.74, 6) is 0. The molecule has 4 rings (SSSR count). The second kappa shape index (κ2) is 8.72. The Morgan fingerprint density at radius 2 is 0.793 bits per heavy atom. The number of carbonyl (C=O) groups is 2. The first kappa shape index (κ1) is 18.9. The van der Waals surface area contributed by atoms with Gasteiger partial charge in [0.05, 0.1) is 0 Å². The number of carbonyl (C=O) groups excluding carboxylic acids is 2. The SMILES string of the molecule is O=Cc1ccccc1-c1ccccc1Sc1ccccc1-c1ccccc1C=O. The number of rotatable bonds is 6. The largest absolute Gasteiger partial charge is 0.298 e. The highest BCUT2D eigenvalue weighted by Gasteiger charge is 2.13. The third kappa shape index (κ3) is 3.91. The maximum absolute atomic E-state index is 11.5. The summed E-state index contributed by atoms with van der Waals surface area (Å²) in [5.41, 5.74) is 5.19. The fourth-order valence-corrected chi connectivity index (χ4v) is 4.47. The fourth-order valence-electron chi connectivity index (χ4n) is 3.36. The Balaban J connectivity index is 1.82. The molecule has 0 aliphatic carbocycles. The molecule has 0 saturated carbocycles. The molecule has 4 aromatic carbocycles. The first-order valence-electron chi connectivity index (χ1n) is 9.27. The molecular weight excluding hydrogens is 376 g/mol. The third-order valence-corrected chi connectivity index (χ3v) is 5.90. The minimum Gasteiger partial charge on any atom is -0.298 e. The molecular formula is C26H18O2S. The Morgan fingerprint density at radius 3 is 1.21 bits per heavy atom. The molecule has 2 nitrogen and oxygen atoms in total. The molecule has 0 aliphatic rings. The van der Waals surface area contributed by atoms with Crippen LogP contribution in [0.1, 0.15) is 20.7 Å². The molecule has 0 heterocycles. The lowest BCUT2D eigenvalue weighted by Crippen LogP contribution is -1.91. The van der Waals surface area contributed by atoms with Crippen molar-refractivity contribution in [2.75, 3.05) is 0 Å². The van der Waals surface area contributed by atoms with Crippen LogP contribution in [0.3, 0.4) is 0 Å². The smallest absolute Gasteiger partial charge is 0.150 e. The fraction of sp³-hybridized carbons (Fsp3) is 0. The molecule has 0 fully saturated rings. The quantitative estimate of drug-likeness (QED) is 0.337. The van der Waals surface area contributed by atoms with E-state index in [1.54, 1.807) is 11.8 Å². The Morgan fingerprint density at radius 1 is 0.448 bits per heavy atom. The minimum absolute atomic E-state index is 0.667. The van der Waals surface area contributed by atoms with Gasteiger partial charge in [-0.3, -0.25) is 9.59 Å². The van der Waals surface area contributed by atoms with Crippen LogP contribution in [0.4, 0.5) is 0 Å². The van der Waals surface area contributed by atoms with Crippen LogP contribution in [-0.4, -0.2) is 12.6 Å². The van der Waals surface area contributed by atoms with Crippen LogP contribution >= 0.6 is 11.8 Å². The number of hydrogen-bond acceptors (Lipinski definition) is 3. The summed E-state index contributed by atoms with van der Waals surface area (Å²) in [7, 11) is 0. The highest BCUT2D eigenvalue weighted by molar-refractivity contribution is 7.99. The van der Waals surface area contributed by atoms with Gasteiger partial charge in [-0.2, -0.15) is 0 Å². The van der Waals surface area contributed by atoms with Crippen LogP contribution in [0.5, 0.6) is 0 Å². The molecule has 0 aromatic heterocycles. The Kier molecular flexibility index (Phi) is 5.68. The van der Waals surface area contributed by atoms with E-state index in [2.05, 4.69) is 12.1 Å². The van der Waals surface area contributed by atoms with Crippen molar-refractivity contribution in [2.24, 2.45) is 0 Å². The van der Waals surface area contributed by atoms with Gasteiger partial charge in [-0.15, -0.1) is 0 Å². The molecule has 3 heteroatoms. The zero-order chi connectivity index (χ0) is 20.1. The summed E-state index contributed by atoms with van der Waals surface area (Å²) in [6.07, 6.45) is 1.79. The van der Waals surface area contributed by atoms with E-state index in [1.807, 2.05) is 84.9 Å². The van der Waals surface area contributed by atoms with Gasteiger partial charge in [0.1, 0.15) is 0 Å². The first-order valence-corrected chi connectivity index (χ1v) is 10.1. The monoisotopic (exact) mass is 394 g/mol. The van der Waals surface area contributed by atoms with Crippen LogP contribution in [0.2, 0.25) is 0 Å². The molecule has 29 heavy (non-hydrogen) atoms. The normalized spacial score (nSPS) is 10.5. The van der Waals surface area contributed by atoms with E-state index in [1.165, 1.54) is 0 Å². The number of aldehydes is 2. The third-order valence-electron chi connectivity index (χ3n) is 4.75. The molecule has 0 aliphatic heterocycles. The van der Waals surface area contributed by atoms with E-state index in [9.17, 15) is 9.59 Å². The van der Waals surface area contributed by atoms with Crippen molar-refractivity contribution in [1.29, 1.82) is 0 Å². The summed E-state index contributed by atoms with van der Waals surface area (Å²) in [6, 6.07) is 31.4. The molecule has 140 valence electrons. The van der Waals surface area contributed by atoms with Gasteiger partial charge in [0, 0.05) is 20.9 Å². The predicted octanol–water partition coefficient (Wildman–Crippen LogP) is 6.80. The summed E-state index contributed by atoms with van der Waals surface area (Å²) in [6.45, 7) is 0. The molecule has 0 atom stereocenters. The van der Waals surface area contributed by atoms with Crippen LogP contribution in [0.15, 0.2) is 107 Å².